The lowest BCUT2D eigenvalue weighted by Gasteiger charge is -2.12. The maximum absolute atomic E-state index is 12.1. The molecule has 0 saturated carbocycles. The monoisotopic (exact) mass is 356 g/mol. The van der Waals surface area contributed by atoms with Crippen molar-refractivity contribution in [2.45, 2.75) is 32.1 Å². The molecule has 0 unspecified atom stereocenters. The summed E-state index contributed by atoms with van der Waals surface area (Å²) in [4.78, 5) is 20.5. The summed E-state index contributed by atoms with van der Waals surface area (Å²) < 4.78 is 0. The van der Waals surface area contributed by atoms with E-state index in [4.69, 9.17) is 11.6 Å². The first kappa shape index (κ1) is 17.4. The van der Waals surface area contributed by atoms with Gasteiger partial charge in [0.15, 0.2) is 0 Å². The predicted molar refractivity (Wildman–Crippen MR) is 100 cm³/mol. The van der Waals surface area contributed by atoms with Gasteiger partial charge >= 0.3 is 0 Å². The Kier molecular flexibility index (Phi) is 6.01. The van der Waals surface area contributed by atoms with E-state index < -0.39 is 0 Å². The second-order valence-corrected chi connectivity index (χ2v) is 6.41. The molecule has 25 heavy (non-hydrogen) atoms. The lowest BCUT2D eigenvalue weighted by molar-refractivity contribution is 0.0948. The summed E-state index contributed by atoms with van der Waals surface area (Å²) in [5.41, 5.74) is 2.50. The average Bonchev–Trinajstić information content (AvgIpc) is 2.65. The maximum Gasteiger partial charge on any atom is 0.271 e. The Morgan fingerprint density at radius 2 is 2.04 bits per heavy atom. The van der Waals surface area contributed by atoms with Gasteiger partial charge in [-0.25, -0.2) is 9.97 Å². The Balaban J connectivity index is 1.52. The third-order valence-electron chi connectivity index (χ3n) is 4.14. The van der Waals surface area contributed by atoms with Crippen LogP contribution in [0.3, 0.4) is 0 Å². The highest BCUT2D eigenvalue weighted by Crippen LogP contribution is 2.23. The van der Waals surface area contributed by atoms with E-state index >= 15 is 0 Å². The van der Waals surface area contributed by atoms with Crippen LogP contribution >= 0.6 is 11.6 Å². The number of aromatic nitrogens is 2. The zero-order valence-corrected chi connectivity index (χ0v) is 14.7. The van der Waals surface area contributed by atoms with E-state index in [9.17, 15) is 4.79 Å². The zero-order valence-electron chi connectivity index (χ0n) is 14.0. The van der Waals surface area contributed by atoms with Gasteiger partial charge in [0.1, 0.15) is 11.5 Å². The summed E-state index contributed by atoms with van der Waals surface area (Å²) in [6, 6.07) is 7.38. The van der Waals surface area contributed by atoms with Crippen LogP contribution in [0.1, 0.15) is 42.6 Å². The van der Waals surface area contributed by atoms with Crippen molar-refractivity contribution in [2.24, 2.45) is 0 Å². The predicted octanol–water partition coefficient (Wildman–Crippen LogP) is 4.49. The molecule has 6 heteroatoms. The minimum Gasteiger partial charge on any atom is -0.350 e. The Labute approximate surface area is 152 Å². The van der Waals surface area contributed by atoms with Crippen LogP contribution in [0, 0.1) is 0 Å². The van der Waals surface area contributed by atoms with Gasteiger partial charge in [-0.3, -0.25) is 4.79 Å². The number of halogens is 1. The Hall–Kier alpha value is -2.40. The van der Waals surface area contributed by atoms with Crippen molar-refractivity contribution >= 4 is 29.0 Å². The highest BCUT2D eigenvalue weighted by Gasteiger charge is 2.09. The SMILES string of the molecule is O=C(NCCC1=CCCCC1)c1cnc(Nc2ccccc2Cl)cn1. The molecule has 0 bridgehead atoms. The van der Waals surface area contributed by atoms with Crippen LogP contribution in [0.2, 0.25) is 5.02 Å². The van der Waals surface area contributed by atoms with Crippen LogP contribution in [-0.4, -0.2) is 22.4 Å². The number of amides is 1. The Bertz CT molecular complexity index is 758. The summed E-state index contributed by atoms with van der Waals surface area (Å²) in [5.74, 6) is 0.338. The third-order valence-corrected chi connectivity index (χ3v) is 4.47. The molecule has 0 radical (unpaired) electrons. The van der Waals surface area contributed by atoms with Crippen LogP contribution in [0.15, 0.2) is 48.3 Å². The van der Waals surface area contributed by atoms with Crippen LogP contribution in [0.25, 0.3) is 0 Å². The van der Waals surface area contributed by atoms with Gasteiger partial charge in [0.05, 0.1) is 23.1 Å². The molecule has 130 valence electrons. The quantitative estimate of drug-likeness (QED) is 0.748. The fraction of sp³-hybridized carbons (Fsp3) is 0.316. The van der Waals surface area contributed by atoms with E-state index in [1.807, 2.05) is 18.2 Å². The van der Waals surface area contributed by atoms with Crippen LogP contribution in [0.5, 0.6) is 0 Å². The number of nitrogens with zero attached hydrogens (tertiary/aromatic N) is 2. The first-order chi connectivity index (χ1) is 12.2. The molecule has 0 fully saturated rings. The van der Waals surface area contributed by atoms with Crippen LogP contribution in [0.4, 0.5) is 11.5 Å². The molecular formula is C19H21ClN4O. The van der Waals surface area contributed by atoms with Gasteiger partial charge in [0, 0.05) is 6.54 Å². The van der Waals surface area contributed by atoms with Gasteiger partial charge in [-0.1, -0.05) is 35.4 Å². The molecule has 5 nitrogen and oxygen atoms in total. The highest BCUT2D eigenvalue weighted by atomic mass is 35.5. The van der Waals surface area contributed by atoms with Gasteiger partial charge < -0.3 is 10.6 Å². The Morgan fingerprint density at radius 1 is 1.16 bits per heavy atom. The van der Waals surface area contributed by atoms with E-state index in [0.29, 0.717) is 23.1 Å². The number of anilines is 2. The topological polar surface area (TPSA) is 66.9 Å². The molecule has 1 aliphatic rings. The number of rotatable bonds is 6. The number of hydrogen-bond donors (Lipinski definition) is 2. The Morgan fingerprint density at radius 3 is 2.76 bits per heavy atom. The standard InChI is InChI=1S/C19H21ClN4O/c20-15-8-4-5-9-16(15)24-18-13-22-17(12-23-18)19(25)21-11-10-14-6-2-1-3-7-14/h4-6,8-9,12-13H,1-3,7,10-11H2,(H,21,25)(H,23,24). The summed E-state index contributed by atoms with van der Waals surface area (Å²) in [5, 5.41) is 6.58. The van der Waals surface area contributed by atoms with Gasteiger partial charge in [-0.05, 0) is 44.2 Å². The molecule has 0 spiro atoms. The number of allylic oxidation sites excluding steroid dienone is 1. The molecule has 2 aromatic rings. The summed E-state index contributed by atoms with van der Waals surface area (Å²) in [6.07, 6.45) is 11.0. The molecule has 1 heterocycles. The van der Waals surface area contributed by atoms with Crippen molar-refractivity contribution in [1.82, 2.24) is 15.3 Å². The normalized spacial score (nSPS) is 13.9. The molecule has 0 atom stereocenters. The molecular weight excluding hydrogens is 336 g/mol. The first-order valence-electron chi connectivity index (χ1n) is 8.52. The first-order valence-corrected chi connectivity index (χ1v) is 8.90. The number of benzene rings is 1. The number of carbonyl (C=O) groups is 1. The van der Waals surface area contributed by atoms with Crippen LogP contribution in [-0.2, 0) is 0 Å². The molecule has 2 N–H and O–H groups in total. The van der Waals surface area contributed by atoms with E-state index in [1.165, 1.54) is 30.8 Å². The van der Waals surface area contributed by atoms with Crippen molar-refractivity contribution in [1.29, 1.82) is 0 Å². The summed E-state index contributed by atoms with van der Waals surface area (Å²) >= 11 is 6.10. The van der Waals surface area contributed by atoms with Crippen molar-refractivity contribution < 1.29 is 4.79 Å². The number of hydrogen-bond acceptors (Lipinski definition) is 4. The number of nitrogens with one attached hydrogen (secondary N) is 2. The molecule has 1 aromatic carbocycles. The van der Waals surface area contributed by atoms with E-state index in [-0.39, 0.29) is 5.91 Å². The zero-order chi connectivity index (χ0) is 17.5. The van der Waals surface area contributed by atoms with Crippen molar-refractivity contribution in [3.8, 4) is 0 Å². The molecule has 0 aliphatic heterocycles. The second kappa shape index (κ2) is 8.62. The lowest BCUT2D eigenvalue weighted by atomic mass is 9.97. The molecule has 0 saturated heterocycles. The largest absolute Gasteiger partial charge is 0.350 e. The molecule has 1 aliphatic carbocycles. The van der Waals surface area contributed by atoms with Crippen molar-refractivity contribution in [2.75, 3.05) is 11.9 Å². The van der Waals surface area contributed by atoms with E-state index in [0.717, 1.165) is 24.9 Å². The third kappa shape index (κ3) is 5.03. The van der Waals surface area contributed by atoms with Gasteiger partial charge in [-0.15, -0.1) is 0 Å². The lowest BCUT2D eigenvalue weighted by Crippen LogP contribution is -2.26. The summed E-state index contributed by atoms with van der Waals surface area (Å²) in [7, 11) is 0. The van der Waals surface area contributed by atoms with E-state index in [2.05, 4.69) is 26.7 Å². The minimum atomic E-state index is -0.201. The van der Waals surface area contributed by atoms with E-state index in [1.54, 1.807) is 6.07 Å². The number of carbonyl (C=O) groups excluding carboxylic acids is 1. The minimum absolute atomic E-state index is 0.201. The second-order valence-electron chi connectivity index (χ2n) is 6.01. The molecule has 1 amide bonds. The van der Waals surface area contributed by atoms with Gasteiger partial charge in [0.2, 0.25) is 0 Å². The molecule has 3 rings (SSSR count). The fourth-order valence-corrected chi connectivity index (χ4v) is 2.95. The molecule has 1 aromatic heterocycles. The maximum atomic E-state index is 12.1. The van der Waals surface area contributed by atoms with Crippen LogP contribution < -0.4 is 10.6 Å². The fourth-order valence-electron chi connectivity index (χ4n) is 2.77. The van der Waals surface area contributed by atoms with Gasteiger partial charge in [0.25, 0.3) is 5.91 Å². The highest BCUT2D eigenvalue weighted by molar-refractivity contribution is 6.33. The number of para-hydroxylation sites is 1. The average molecular weight is 357 g/mol. The van der Waals surface area contributed by atoms with Gasteiger partial charge in [-0.2, -0.15) is 0 Å². The van der Waals surface area contributed by atoms with Crippen molar-refractivity contribution in [3.05, 3.63) is 59.0 Å². The summed E-state index contributed by atoms with van der Waals surface area (Å²) in [6.45, 7) is 0.631. The smallest absolute Gasteiger partial charge is 0.271 e. The van der Waals surface area contributed by atoms with Crippen molar-refractivity contribution in [3.63, 3.8) is 0 Å².